The maximum absolute atomic E-state index is 11.2. The number of carboxylic acid groups (broad SMARTS) is 1. The topological polar surface area (TPSA) is 113 Å². The average molecular weight is 280 g/mol. The molecule has 1 fully saturated rings. The fourth-order valence-electron chi connectivity index (χ4n) is 2.39. The van der Waals surface area contributed by atoms with Crippen molar-refractivity contribution in [2.75, 3.05) is 5.32 Å². The Morgan fingerprint density at radius 3 is 2.50 bits per heavy atom. The second-order valence-corrected chi connectivity index (χ2v) is 4.94. The molecule has 1 aliphatic rings. The van der Waals surface area contributed by atoms with Crippen LogP contribution in [0.25, 0.3) is 0 Å². The molecule has 3 N–H and O–H groups in total. The van der Waals surface area contributed by atoms with E-state index >= 15 is 0 Å². The molecule has 0 spiro atoms. The number of aliphatic hydroxyl groups excluding tert-OH is 1. The maximum atomic E-state index is 11.2. The van der Waals surface area contributed by atoms with Crippen molar-refractivity contribution < 1.29 is 19.9 Å². The van der Waals surface area contributed by atoms with E-state index in [-0.39, 0.29) is 23.4 Å². The number of nitro groups is 1. The zero-order valence-electron chi connectivity index (χ0n) is 10.8. The monoisotopic (exact) mass is 280 g/mol. The molecule has 0 bridgehead atoms. The van der Waals surface area contributed by atoms with Gasteiger partial charge >= 0.3 is 5.97 Å². The fourth-order valence-corrected chi connectivity index (χ4v) is 2.39. The molecular weight excluding hydrogens is 264 g/mol. The Morgan fingerprint density at radius 2 is 1.95 bits per heavy atom. The van der Waals surface area contributed by atoms with E-state index in [9.17, 15) is 20.0 Å². The summed E-state index contributed by atoms with van der Waals surface area (Å²) in [6.07, 6.45) is 2.55. The lowest BCUT2D eigenvalue weighted by molar-refractivity contribution is -0.384. The zero-order chi connectivity index (χ0) is 14.7. The third-order valence-electron chi connectivity index (χ3n) is 3.50. The number of aromatic carboxylic acids is 1. The van der Waals surface area contributed by atoms with E-state index in [1.165, 1.54) is 12.1 Å². The number of benzene rings is 1. The molecule has 1 aromatic rings. The number of carboxylic acids is 1. The molecule has 0 amide bonds. The Bertz CT molecular complexity index is 523. The van der Waals surface area contributed by atoms with Crippen molar-refractivity contribution in [3.63, 3.8) is 0 Å². The van der Waals surface area contributed by atoms with Gasteiger partial charge in [-0.15, -0.1) is 0 Å². The van der Waals surface area contributed by atoms with Crippen LogP contribution in [-0.4, -0.2) is 33.3 Å². The molecule has 7 nitrogen and oxygen atoms in total. The van der Waals surface area contributed by atoms with Gasteiger partial charge in [-0.25, -0.2) is 4.79 Å². The van der Waals surface area contributed by atoms with Crippen LogP contribution in [0.4, 0.5) is 11.4 Å². The van der Waals surface area contributed by atoms with Gasteiger partial charge in [-0.05, 0) is 31.7 Å². The lowest BCUT2D eigenvalue weighted by Gasteiger charge is -2.27. The van der Waals surface area contributed by atoms with Gasteiger partial charge in [0.15, 0.2) is 0 Å². The summed E-state index contributed by atoms with van der Waals surface area (Å²) >= 11 is 0. The Balaban J connectivity index is 2.18. The molecule has 1 aliphatic carbocycles. The van der Waals surface area contributed by atoms with Gasteiger partial charge < -0.3 is 15.5 Å². The van der Waals surface area contributed by atoms with E-state index in [2.05, 4.69) is 5.32 Å². The van der Waals surface area contributed by atoms with E-state index in [1.807, 2.05) is 0 Å². The largest absolute Gasteiger partial charge is 0.478 e. The van der Waals surface area contributed by atoms with E-state index in [0.717, 1.165) is 18.9 Å². The highest BCUT2D eigenvalue weighted by Gasteiger charge is 2.22. The first-order valence-electron chi connectivity index (χ1n) is 6.43. The fraction of sp³-hybridized carbons (Fsp3) is 0.462. The first kappa shape index (κ1) is 14.3. The van der Waals surface area contributed by atoms with Crippen molar-refractivity contribution >= 4 is 17.3 Å². The molecular formula is C13H16N2O5. The van der Waals surface area contributed by atoms with Crippen LogP contribution in [0, 0.1) is 10.1 Å². The Labute approximate surface area is 115 Å². The highest BCUT2D eigenvalue weighted by atomic mass is 16.6. The summed E-state index contributed by atoms with van der Waals surface area (Å²) in [6, 6.07) is 3.85. The van der Waals surface area contributed by atoms with E-state index in [4.69, 9.17) is 5.11 Å². The minimum absolute atomic E-state index is 0.0814. The smallest absolute Gasteiger partial charge is 0.338 e. The Hall–Kier alpha value is -2.15. The molecule has 1 saturated carbocycles. The first-order valence-corrected chi connectivity index (χ1v) is 6.43. The SMILES string of the molecule is O=C(O)c1cc([N+](=O)[O-])ccc1N[C@H]1CC[C@H](O)CC1. The number of nitro benzene ring substituents is 1. The van der Waals surface area contributed by atoms with Crippen molar-refractivity contribution in [3.05, 3.63) is 33.9 Å². The summed E-state index contributed by atoms with van der Waals surface area (Å²) < 4.78 is 0. The van der Waals surface area contributed by atoms with Gasteiger partial charge in [0, 0.05) is 23.9 Å². The number of nitrogens with zero attached hydrogens (tertiary/aromatic N) is 1. The van der Waals surface area contributed by atoms with E-state index in [1.54, 1.807) is 0 Å². The summed E-state index contributed by atoms with van der Waals surface area (Å²) in [6.45, 7) is 0. The van der Waals surface area contributed by atoms with Crippen molar-refractivity contribution in [2.45, 2.75) is 37.8 Å². The van der Waals surface area contributed by atoms with Gasteiger partial charge in [-0.3, -0.25) is 10.1 Å². The molecule has 0 radical (unpaired) electrons. The predicted molar refractivity (Wildman–Crippen MR) is 71.9 cm³/mol. The molecule has 0 aromatic heterocycles. The van der Waals surface area contributed by atoms with Gasteiger partial charge in [0.05, 0.1) is 16.6 Å². The molecule has 0 atom stereocenters. The van der Waals surface area contributed by atoms with E-state index in [0.29, 0.717) is 18.5 Å². The Kier molecular flexibility index (Phi) is 4.19. The molecule has 2 rings (SSSR count). The minimum Gasteiger partial charge on any atom is -0.478 e. The standard InChI is InChI=1S/C13H16N2O5/c16-10-4-1-8(2-5-10)14-12-6-3-9(15(19)20)7-11(12)13(17)18/h3,6-8,10,14,16H,1-2,4-5H2,(H,17,18)/t8-,10-. The molecule has 0 aliphatic heterocycles. The minimum atomic E-state index is -1.20. The average Bonchev–Trinajstić information content (AvgIpc) is 2.41. The highest BCUT2D eigenvalue weighted by molar-refractivity contribution is 5.95. The molecule has 0 saturated heterocycles. The van der Waals surface area contributed by atoms with Crippen LogP contribution in [0.5, 0.6) is 0 Å². The van der Waals surface area contributed by atoms with Crippen LogP contribution in [0.3, 0.4) is 0 Å². The molecule has 7 heteroatoms. The first-order chi connectivity index (χ1) is 9.47. The number of aliphatic hydroxyl groups is 1. The van der Waals surface area contributed by atoms with Gasteiger partial charge in [0.2, 0.25) is 0 Å². The summed E-state index contributed by atoms with van der Waals surface area (Å²) in [4.78, 5) is 21.2. The number of carbonyl (C=O) groups is 1. The van der Waals surface area contributed by atoms with Crippen molar-refractivity contribution in [1.82, 2.24) is 0 Å². The number of rotatable bonds is 4. The number of anilines is 1. The second-order valence-electron chi connectivity index (χ2n) is 4.94. The van der Waals surface area contributed by atoms with Gasteiger partial charge in [0.1, 0.15) is 0 Å². The van der Waals surface area contributed by atoms with Crippen LogP contribution < -0.4 is 5.32 Å². The van der Waals surface area contributed by atoms with Crippen molar-refractivity contribution in [3.8, 4) is 0 Å². The van der Waals surface area contributed by atoms with E-state index < -0.39 is 10.9 Å². The number of hydrogen-bond donors (Lipinski definition) is 3. The molecule has 0 heterocycles. The highest BCUT2D eigenvalue weighted by Crippen LogP contribution is 2.26. The van der Waals surface area contributed by atoms with Crippen LogP contribution >= 0.6 is 0 Å². The molecule has 20 heavy (non-hydrogen) atoms. The Morgan fingerprint density at radius 1 is 1.30 bits per heavy atom. The van der Waals surface area contributed by atoms with Gasteiger partial charge in [-0.1, -0.05) is 0 Å². The van der Waals surface area contributed by atoms with Crippen molar-refractivity contribution in [2.24, 2.45) is 0 Å². The zero-order valence-corrected chi connectivity index (χ0v) is 10.8. The number of hydrogen-bond acceptors (Lipinski definition) is 5. The molecule has 108 valence electrons. The van der Waals surface area contributed by atoms with Gasteiger partial charge in [0.25, 0.3) is 5.69 Å². The molecule has 1 aromatic carbocycles. The summed E-state index contributed by atoms with van der Waals surface area (Å²) in [7, 11) is 0. The quantitative estimate of drug-likeness (QED) is 0.574. The number of non-ortho nitro benzene ring substituents is 1. The lowest BCUT2D eigenvalue weighted by atomic mass is 9.93. The summed E-state index contributed by atoms with van der Waals surface area (Å²) in [5, 5.41) is 32.4. The second kappa shape index (κ2) is 5.87. The normalized spacial score (nSPS) is 22.2. The lowest BCUT2D eigenvalue weighted by Crippen LogP contribution is -2.28. The third-order valence-corrected chi connectivity index (χ3v) is 3.50. The van der Waals surface area contributed by atoms with Crippen molar-refractivity contribution in [1.29, 1.82) is 0 Å². The maximum Gasteiger partial charge on any atom is 0.338 e. The molecule has 0 unspecified atom stereocenters. The third kappa shape index (κ3) is 3.24. The summed E-state index contributed by atoms with van der Waals surface area (Å²) in [5.74, 6) is -1.20. The van der Waals surface area contributed by atoms with Crippen LogP contribution in [-0.2, 0) is 0 Å². The van der Waals surface area contributed by atoms with Crippen LogP contribution in [0.1, 0.15) is 36.0 Å². The predicted octanol–water partition coefficient (Wildman–Crippen LogP) is 2.01. The summed E-state index contributed by atoms with van der Waals surface area (Å²) in [5.41, 5.74) is 0.0295. The number of nitrogens with one attached hydrogen (secondary N) is 1. The van der Waals surface area contributed by atoms with Gasteiger partial charge in [-0.2, -0.15) is 0 Å². The van der Waals surface area contributed by atoms with Crippen LogP contribution in [0.2, 0.25) is 0 Å². The van der Waals surface area contributed by atoms with Crippen LogP contribution in [0.15, 0.2) is 18.2 Å².